The highest BCUT2D eigenvalue weighted by atomic mass is 35.5. The molecule has 0 aromatic heterocycles. The van der Waals surface area contributed by atoms with Gasteiger partial charge in [0.2, 0.25) is 11.8 Å². The molecule has 0 aliphatic carbocycles. The van der Waals surface area contributed by atoms with Gasteiger partial charge in [0, 0.05) is 19.2 Å². The van der Waals surface area contributed by atoms with Crippen molar-refractivity contribution in [2.24, 2.45) is 5.73 Å². The van der Waals surface area contributed by atoms with Gasteiger partial charge >= 0.3 is 0 Å². The smallest absolute Gasteiger partial charge is 0.236 e. The van der Waals surface area contributed by atoms with Crippen molar-refractivity contribution in [1.29, 1.82) is 0 Å². The predicted molar refractivity (Wildman–Crippen MR) is 73.5 cm³/mol. The number of benzene rings is 1. The second-order valence-electron chi connectivity index (χ2n) is 3.89. The molecule has 0 unspecified atom stereocenters. The largest absolute Gasteiger partial charge is 0.351 e. The van der Waals surface area contributed by atoms with Gasteiger partial charge in [-0.05, 0) is 24.6 Å². The Bertz CT molecular complexity index is 422. The lowest BCUT2D eigenvalue weighted by molar-refractivity contribution is -0.122. The van der Waals surface area contributed by atoms with E-state index in [4.69, 9.17) is 5.73 Å². The van der Waals surface area contributed by atoms with Gasteiger partial charge in [0.1, 0.15) is 0 Å². The van der Waals surface area contributed by atoms with Crippen molar-refractivity contribution in [3.63, 3.8) is 0 Å². The molecular weight excluding hydrogens is 254 g/mol. The van der Waals surface area contributed by atoms with Crippen LogP contribution in [0.1, 0.15) is 19.4 Å². The monoisotopic (exact) mass is 271 g/mol. The molecule has 6 heteroatoms. The SMILES string of the molecule is CC(=O)Nc1cccc(CNC(=O)[C@@H](C)N)c1.Cl. The average molecular weight is 272 g/mol. The van der Waals surface area contributed by atoms with Crippen LogP contribution in [0.2, 0.25) is 0 Å². The van der Waals surface area contributed by atoms with Crippen molar-refractivity contribution >= 4 is 29.9 Å². The van der Waals surface area contributed by atoms with Crippen LogP contribution in [0.3, 0.4) is 0 Å². The lowest BCUT2D eigenvalue weighted by Gasteiger charge is -2.09. The van der Waals surface area contributed by atoms with Gasteiger partial charge in [-0.2, -0.15) is 0 Å². The molecule has 100 valence electrons. The first-order valence-corrected chi connectivity index (χ1v) is 5.39. The van der Waals surface area contributed by atoms with E-state index in [1.165, 1.54) is 6.92 Å². The zero-order chi connectivity index (χ0) is 12.8. The molecule has 0 radical (unpaired) electrons. The number of halogens is 1. The highest BCUT2D eigenvalue weighted by molar-refractivity contribution is 5.88. The molecule has 0 spiro atoms. The summed E-state index contributed by atoms with van der Waals surface area (Å²) in [6.45, 7) is 3.47. The van der Waals surface area contributed by atoms with Crippen molar-refractivity contribution in [3.8, 4) is 0 Å². The van der Waals surface area contributed by atoms with Gasteiger partial charge < -0.3 is 16.4 Å². The van der Waals surface area contributed by atoms with Crippen molar-refractivity contribution in [3.05, 3.63) is 29.8 Å². The second kappa shape index (κ2) is 7.68. The van der Waals surface area contributed by atoms with Crippen molar-refractivity contribution < 1.29 is 9.59 Å². The van der Waals surface area contributed by atoms with Crippen LogP contribution in [0.4, 0.5) is 5.69 Å². The van der Waals surface area contributed by atoms with Gasteiger partial charge in [-0.3, -0.25) is 9.59 Å². The summed E-state index contributed by atoms with van der Waals surface area (Å²) in [4.78, 5) is 22.2. The first kappa shape index (κ1) is 16.4. The predicted octanol–water partition coefficient (Wildman–Crippen LogP) is 1.03. The van der Waals surface area contributed by atoms with Gasteiger partial charge in [-0.15, -0.1) is 12.4 Å². The second-order valence-corrected chi connectivity index (χ2v) is 3.89. The topological polar surface area (TPSA) is 84.2 Å². The molecule has 1 aromatic carbocycles. The standard InChI is InChI=1S/C12H17N3O2.ClH/c1-8(13)12(17)14-7-10-4-3-5-11(6-10)15-9(2)16;/h3-6,8H,7,13H2,1-2H3,(H,14,17)(H,15,16);1H/t8-;/m1./s1. The molecule has 0 heterocycles. The number of hydrogen-bond acceptors (Lipinski definition) is 3. The Balaban J connectivity index is 0.00000289. The summed E-state index contributed by atoms with van der Waals surface area (Å²) in [5.74, 6) is -0.323. The maximum absolute atomic E-state index is 11.3. The lowest BCUT2D eigenvalue weighted by atomic mass is 10.2. The fourth-order valence-corrected chi connectivity index (χ4v) is 1.31. The summed E-state index contributed by atoms with van der Waals surface area (Å²) < 4.78 is 0. The average Bonchev–Trinajstić information content (AvgIpc) is 2.25. The maximum atomic E-state index is 11.3. The molecule has 0 bridgehead atoms. The van der Waals surface area contributed by atoms with E-state index in [1.54, 1.807) is 13.0 Å². The summed E-state index contributed by atoms with van der Waals surface area (Å²) in [6, 6.07) is 6.76. The minimum absolute atomic E-state index is 0. The number of nitrogens with two attached hydrogens (primary N) is 1. The first-order valence-electron chi connectivity index (χ1n) is 5.39. The van der Waals surface area contributed by atoms with E-state index in [-0.39, 0.29) is 24.2 Å². The van der Waals surface area contributed by atoms with Gasteiger partial charge in [0.15, 0.2) is 0 Å². The summed E-state index contributed by atoms with van der Waals surface area (Å²) in [6.07, 6.45) is 0. The van der Waals surface area contributed by atoms with Crippen LogP contribution < -0.4 is 16.4 Å². The molecule has 4 N–H and O–H groups in total. The zero-order valence-electron chi connectivity index (χ0n) is 10.4. The Labute approximate surface area is 113 Å². The Kier molecular flexibility index (Phi) is 7.00. The Morgan fingerprint density at radius 1 is 1.39 bits per heavy atom. The number of nitrogens with one attached hydrogen (secondary N) is 2. The third kappa shape index (κ3) is 5.65. The number of carbonyl (C=O) groups is 2. The highest BCUT2D eigenvalue weighted by Crippen LogP contribution is 2.10. The summed E-state index contributed by atoms with van der Waals surface area (Å²) >= 11 is 0. The molecule has 0 aliphatic rings. The molecule has 1 aromatic rings. The fraction of sp³-hybridized carbons (Fsp3) is 0.333. The minimum Gasteiger partial charge on any atom is -0.351 e. The summed E-state index contributed by atoms with van der Waals surface area (Å²) in [5.41, 5.74) is 7.05. The minimum atomic E-state index is -0.520. The molecule has 1 rings (SSSR count). The molecule has 0 saturated carbocycles. The molecule has 0 fully saturated rings. The molecule has 1 atom stereocenters. The van der Waals surface area contributed by atoms with Gasteiger partial charge in [0.05, 0.1) is 6.04 Å². The van der Waals surface area contributed by atoms with Crippen LogP contribution >= 0.6 is 12.4 Å². The van der Waals surface area contributed by atoms with E-state index >= 15 is 0 Å². The van der Waals surface area contributed by atoms with Crippen LogP contribution in [-0.4, -0.2) is 17.9 Å². The van der Waals surface area contributed by atoms with Gasteiger partial charge in [0.25, 0.3) is 0 Å². The van der Waals surface area contributed by atoms with Crippen LogP contribution in [0.5, 0.6) is 0 Å². The molecule has 0 aliphatic heterocycles. The Morgan fingerprint density at radius 3 is 2.61 bits per heavy atom. The number of anilines is 1. The quantitative estimate of drug-likeness (QED) is 0.765. The number of rotatable bonds is 4. The zero-order valence-corrected chi connectivity index (χ0v) is 11.2. The highest BCUT2D eigenvalue weighted by Gasteiger charge is 2.06. The van der Waals surface area contributed by atoms with Crippen LogP contribution in [0.15, 0.2) is 24.3 Å². The van der Waals surface area contributed by atoms with Crippen LogP contribution in [0.25, 0.3) is 0 Å². The third-order valence-electron chi connectivity index (χ3n) is 2.13. The van der Waals surface area contributed by atoms with Crippen molar-refractivity contribution in [2.45, 2.75) is 26.4 Å². The molecule has 2 amide bonds. The van der Waals surface area contributed by atoms with Gasteiger partial charge in [-0.1, -0.05) is 12.1 Å². The van der Waals surface area contributed by atoms with Crippen molar-refractivity contribution in [2.75, 3.05) is 5.32 Å². The number of amides is 2. The lowest BCUT2D eigenvalue weighted by Crippen LogP contribution is -2.37. The Morgan fingerprint density at radius 2 is 2.06 bits per heavy atom. The fourth-order valence-electron chi connectivity index (χ4n) is 1.31. The van der Waals surface area contributed by atoms with E-state index in [9.17, 15) is 9.59 Å². The Hall–Kier alpha value is -1.59. The third-order valence-corrected chi connectivity index (χ3v) is 2.13. The summed E-state index contributed by atoms with van der Waals surface area (Å²) in [5, 5.41) is 5.38. The van der Waals surface area contributed by atoms with E-state index in [1.807, 2.05) is 18.2 Å². The molecular formula is C12H18ClN3O2. The summed E-state index contributed by atoms with van der Waals surface area (Å²) in [7, 11) is 0. The van der Waals surface area contributed by atoms with E-state index in [2.05, 4.69) is 10.6 Å². The molecule has 0 saturated heterocycles. The van der Waals surface area contributed by atoms with E-state index < -0.39 is 6.04 Å². The first-order chi connectivity index (χ1) is 7.99. The van der Waals surface area contributed by atoms with E-state index in [0.717, 1.165) is 5.56 Å². The van der Waals surface area contributed by atoms with Gasteiger partial charge in [-0.25, -0.2) is 0 Å². The van der Waals surface area contributed by atoms with Crippen LogP contribution in [0, 0.1) is 0 Å². The number of carbonyl (C=O) groups excluding carboxylic acids is 2. The molecule has 5 nitrogen and oxygen atoms in total. The normalized spacial score (nSPS) is 11.1. The number of hydrogen-bond donors (Lipinski definition) is 3. The van der Waals surface area contributed by atoms with Crippen molar-refractivity contribution in [1.82, 2.24) is 5.32 Å². The van der Waals surface area contributed by atoms with E-state index in [0.29, 0.717) is 12.2 Å². The molecule has 18 heavy (non-hydrogen) atoms. The van der Waals surface area contributed by atoms with Crippen LogP contribution in [-0.2, 0) is 16.1 Å². The maximum Gasteiger partial charge on any atom is 0.236 e.